The van der Waals surface area contributed by atoms with Crippen molar-refractivity contribution in [2.75, 3.05) is 12.3 Å². The minimum atomic E-state index is -0.0259. The summed E-state index contributed by atoms with van der Waals surface area (Å²) in [4.78, 5) is 15.9. The number of rotatable bonds is 6. The minimum Gasteiger partial charge on any atom is -0.332 e. The van der Waals surface area contributed by atoms with E-state index in [-0.39, 0.29) is 17.9 Å². The van der Waals surface area contributed by atoms with Crippen molar-refractivity contribution in [3.63, 3.8) is 0 Å². The number of carbonyl (C=O) groups excluding carboxylic acids is 1. The summed E-state index contributed by atoms with van der Waals surface area (Å²) in [6.07, 6.45) is 6.81. The van der Waals surface area contributed by atoms with E-state index in [0.29, 0.717) is 5.92 Å². The van der Waals surface area contributed by atoms with Gasteiger partial charge in [0.25, 0.3) is 0 Å². The molecule has 0 radical (unpaired) electrons. The molecule has 6 heteroatoms. The summed E-state index contributed by atoms with van der Waals surface area (Å²) in [6.45, 7) is 2.94. The molecule has 5 nitrogen and oxygen atoms in total. The molecule has 0 N–H and O–H groups in total. The summed E-state index contributed by atoms with van der Waals surface area (Å²) in [5.74, 6) is 2.62. The van der Waals surface area contributed by atoms with Gasteiger partial charge in [0, 0.05) is 13.6 Å². The van der Waals surface area contributed by atoms with Crippen molar-refractivity contribution in [3.05, 3.63) is 41.7 Å². The van der Waals surface area contributed by atoms with Gasteiger partial charge in [-0.05, 0) is 42.9 Å². The maximum absolute atomic E-state index is 13.8. The second-order valence-electron chi connectivity index (χ2n) is 7.96. The number of nitrogens with zero attached hydrogens (tertiary/aromatic N) is 4. The van der Waals surface area contributed by atoms with Crippen LogP contribution in [0.25, 0.3) is 0 Å². The molecule has 1 aliphatic heterocycles. The topological polar surface area (TPSA) is 51.0 Å². The molecule has 1 aromatic carbocycles. The Morgan fingerprint density at radius 3 is 2.61 bits per heavy atom. The molecular weight excluding hydrogens is 368 g/mol. The van der Waals surface area contributed by atoms with Crippen LogP contribution in [0.2, 0.25) is 0 Å². The number of aromatic nitrogens is 3. The fraction of sp³-hybridized carbons (Fsp3) is 0.591. The van der Waals surface area contributed by atoms with Crippen LogP contribution in [-0.2, 0) is 11.8 Å². The zero-order valence-electron chi connectivity index (χ0n) is 16.9. The van der Waals surface area contributed by atoms with Crippen LogP contribution in [0.4, 0.5) is 0 Å². The summed E-state index contributed by atoms with van der Waals surface area (Å²) in [5, 5.41) is 9.78. The Bertz CT molecular complexity index is 800. The van der Waals surface area contributed by atoms with E-state index in [1.807, 2.05) is 13.1 Å². The van der Waals surface area contributed by atoms with Crippen LogP contribution in [0.15, 0.2) is 35.5 Å². The molecule has 0 bridgehead atoms. The molecule has 1 saturated heterocycles. The van der Waals surface area contributed by atoms with Gasteiger partial charge in [-0.2, -0.15) is 0 Å². The Morgan fingerprint density at radius 1 is 1.14 bits per heavy atom. The van der Waals surface area contributed by atoms with Gasteiger partial charge in [0.2, 0.25) is 5.91 Å². The van der Waals surface area contributed by atoms with Crippen LogP contribution < -0.4 is 0 Å². The number of carbonyl (C=O) groups is 1. The number of hydrogen-bond acceptors (Lipinski definition) is 4. The van der Waals surface area contributed by atoms with Crippen molar-refractivity contribution in [3.8, 4) is 0 Å². The summed E-state index contributed by atoms with van der Waals surface area (Å²) in [7, 11) is 2.03. The molecule has 0 spiro atoms. The van der Waals surface area contributed by atoms with Crippen molar-refractivity contribution in [2.45, 2.75) is 62.6 Å². The zero-order valence-corrected chi connectivity index (χ0v) is 17.7. The molecule has 2 aromatic rings. The van der Waals surface area contributed by atoms with E-state index in [1.165, 1.54) is 18.4 Å². The first-order chi connectivity index (χ1) is 13.7. The lowest BCUT2D eigenvalue weighted by atomic mass is 9.83. The monoisotopic (exact) mass is 398 g/mol. The van der Waals surface area contributed by atoms with Crippen LogP contribution in [0.3, 0.4) is 0 Å². The second kappa shape index (κ2) is 8.68. The van der Waals surface area contributed by atoms with Crippen molar-refractivity contribution < 1.29 is 4.79 Å². The first-order valence-corrected chi connectivity index (χ1v) is 11.6. The molecule has 28 heavy (non-hydrogen) atoms. The molecule has 1 amide bonds. The van der Waals surface area contributed by atoms with Gasteiger partial charge in [0.1, 0.15) is 0 Å². The molecule has 2 heterocycles. The SMILES string of the molecule is CCSc1nnc(C2CCCN2C(=O)C(c2ccccc2)C2CCCC2)n1C. The maximum atomic E-state index is 13.8. The highest BCUT2D eigenvalue weighted by atomic mass is 32.2. The van der Waals surface area contributed by atoms with Gasteiger partial charge in [0.05, 0.1) is 12.0 Å². The summed E-state index contributed by atoms with van der Waals surface area (Å²) in [6, 6.07) is 10.5. The highest BCUT2D eigenvalue weighted by molar-refractivity contribution is 7.99. The quantitative estimate of drug-likeness (QED) is 0.669. The predicted molar refractivity (Wildman–Crippen MR) is 112 cm³/mol. The predicted octanol–water partition coefficient (Wildman–Crippen LogP) is 4.56. The smallest absolute Gasteiger partial charge is 0.231 e. The molecule has 1 saturated carbocycles. The number of likely N-dealkylation sites (tertiary alicyclic amines) is 1. The lowest BCUT2D eigenvalue weighted by Gasteiger charge is -2.31. The molecule has 2 atom stereocenters. The maximum Gasteiger partial charge on any atom is 0.231 e. The molecule has 2 unspecified atom stereocenters. The lowest BCUT2D eigenvalue weighted by Crippen LogP contribution is -2.38. The Hall–Kier alpha value is -1.82. The third kappa shape index (κ3) is 3.71. The van der Waals surface area contributed by atoms with E-state index in [4.69, 9.17) is 0 Å². The van der Waals surface area contributed by atoms with Gasteiger partial charge in [0.15, 0.2) is 11.0 Å². The highest BCUT2D eigenvalue weighted by Crippen LogP contribution is 2.41. The third-order valence-corrected chi connectivity index (χ3v) is 7.17. The minimum absolute atomic E-state index is 0.0259. The Labute approximate surface area is 171 Å². The summed E-state index contributed by atoms with van der Waals surface area (Å²) >= 11 is 1.70. The van der Waals surface area contributed by atoms with Crippen molar-refractivity contribution >= 4 is 17.7 Å². The van der Waals surface area contributed by atoms with E-state index in [1.54, 1.807) is 11.8 Å². The molecule has 1 aromatic heterocycles. The molecule has 2 aliphatic rings. The number of amides is 1. The Morgan fingerprint density at radius 2 is 1.89 bits per heavy atom. The Kier molecular flexibility index (Phi) is 6.04. The van der Waals surface area contributed by atoms with Crippen molar-refractivity contribution in [2.24, 2.45) is 13.0 Å². The van der Waals surface area contributed by atoms with E-state index in [0.717, 1.165) is 49.0 Å². The molecule has 4 rings (SSSR count). The standard InChI is InChI=1S/C22H30N4OS/c1-3-28-22-24-23-20(25(22)2)18-14-9-15-26(18)21(27)19(17-12-7-8-13-17)16-10-5-4-6-11-16/h4-6,10-11,17-19H,3,7-9,12-15H2,1-2H3. The summed E-state index contributed by atoms with van der Waals surface area (Å²) < 4.78 is 2.08. The van der Waals surface area contributed by atoms with Crippen LogP contribution in [0.1, 0.15) is 68.8 Å². The molecule has 1 aliphatic carbocycles. The average molecular weight is 399 g/mol. The summed E-state index contributed by atoms with van der Waals surface area (Å²) in [5.41, 5.74) is 1.17. The van der Waals surface area contributed by atoms with Gasteiger partial charge in [-0.25, -0.2) is 0 Å². The van der Waals surface area contributed by atoms with E-state index in [2.05, 4.69) is 50.9 Å². The van der Waals surface area contributed by atoms with Gasteiger partial charge >= 0.3 is 0 Å². The fourth-order valence-corrected chi connectivity index (χ4v) is 5.56. The normalized spacial score (nSPS) is 21.4. The van der Waals surface area contributed by atoms with Gasteiger partial charge in [-0.3, -0.25) is 4.79 Å². The van der Waals surface area contributed by atoms with Crippen molar-refractivity contribution in [1.82, 2.24) is 19.7 Å². The largest absolute Gasteiger partial charge is 0.332 e. The lowest BCUT2D eigenvalue weighted by molar-refractivity contribution is -0.135. The number of thioether (sulfide) groups is 1. The fourth-order valence-electron chi connectivity index (χ4n) is 4.92. The van der Waals surface area contributed by atoms with Gasteiger partial charge in [-0.15, -0.1) is 10.2 Å². The second-order valence-corrected chi connectivity index (χ2v) is 9.19. The zero-order chi connectivity index (χ0) is 19.5. The van der Waals surface area contributed by atoms with Gasteiger partial charge in [-0.1, -0.05) is 61.9 Å². The van der Waals surface area contributed by atoms with Crippen LogP contribution in [-0.4, -0.2) is 37.9 Å². The van der Waals surface area contributed by atoms with E-state index < -0.39 is 0 Å². The number of hydrogen-bond donors (Lipinski definition) is 0. The van der Waals surface area contributed by atoms with Gasteiger partial charge < -0.3 is 9.47 Å². The average Bonchev–Trinajstić information content (AvgIpc) is 3.45. The van der Waals surface area contributed by atoms with Crippen LogP contribution in [0, 0.1) is 5.92 Å². The highest BCUT2D eigenvalue weighted by Gasteiger charge is 2.40. The van der Waals surface area contributed by atoms with Crippen LogP contribution >= 0.6 is 11.8 Å². The first-order valence-electron chi connectivity index (χ1n) is 10.6. The van der Waals surface area contributed by atoms with E-state index >= 15 is 0 Å². The third-order valence-electron chi connectivity index (χ3n) is 6.27. The molecular formula is C22H30N4OS. The van der Waals surface area contributed by atoms with E-state index in [9.17, 15) is 4.79 Å². The van der Waals surface area contributed by atoms with Crippen molar-refractivity contribution in [1.29, 1.82) is 0 Å². The van der Waals surface area contributed by atoms with Crippen LogP contribution in [0.5, 0.6) is 0 Å². The molecule has 150 valence electrons. The molecule has 2 fully saturated rings. The number of benzene rings is 1. The first kappa shape index (κ1) is 19.5. The Balaban J connectivity index is 1.62.